The molecule has 8 heteroatoms. The zero-order chi connectivity index (χ0) is 17.0. The van der Waals surface area contributed by atoms with Crippen molar-refractivity contribution in [1.82, 2.24) is 15.1 Å². The van der Waals surface area contributed by atoms with Crippen LogP contribution >= 0.6 is 23.4 Å². The van der Waals surface area contributed by atoms with Crippen molar-refractivity contribution in [1.29, 1.82) is 0 Å². The van der Waals surface area contributed by atoms with Crippen LogP contribution < -0.4 is 5.32 Å². The van der Waals surface area contributed by atoms with Crippen LogP contribution in [0.4, 0.5) is 4.79 Å². The van der Waals surface area contributed by atoms with E-state index in [4.69, 9.17) is 11.6 Å². The first-order valence-electron chi connectivity index (χ1n) is 7.82. The van der Waals surface area contributed by atoms with Crippen LogP contribution in [-0.4, -0.2) is 58.5 Å². The first-order chi connectivity index (χ1) is 11.0. The molecular weight excluding hydrogens is 336 g/mol. The topological polar surface area (TPSA) is 65.0 Å². The maximum atomic E-state index is 12.3. The molecule has 6 nitrogen and oxygen atoms in total. The van der Waals surface area contributed by atoms with Gasteiger partial charge in [-0.3, -0.25) is 10.1 Å². The smallest absolute Gasteiger partial charge is 0.325 e. The van der Waals surface area contributed by atoms with Crippen molar-refractivity contribution in [3.8, 4) is 0 Å². The predicted octanol–water partition coefficient (Wildman–Crippen LogP) is 2.60. The second kappa shape index (κ2) is 8.06. The van der Waals surface area contributed by atoms with Crippen LogP contribution in [0.5, 0.6) is 0 Å². The van der Waals surface area contributed by atoms with Crippen molar-refractivity contribution < 1.29 is 9.59 Å². The number of fused-ring (bicyclic) bond motifs is 1. The first kappa shape index (κ1) is 18.1. The second-order valence-electron chi connectivity index (χ2n) is 5.67. The SMILES string of the molecule is CCCCCSC1=NC2C(C(=O)NC(=O)N2C)N1C/C=C(\C)Cl. The molecule has 0 saturated carbocycles. The number of nitrogens with zero attached hydrogens (tertiary/aromatic N) is 3. The molecule has 2 aliphatic heterocycles. The van der Waals surface area contributed by atoms with Gasteiger partial charge in [-0.2, -0.15) is 0 Å². The third-order valence-corrected chi connectivity index (χ3v) is 5.12. The molecular formula is C15H23ClN4O2S. The summed E-state index contributed by atoms with van der Waals surface area (Å²) in [5, 5.41) is 3.86. The predicted molar refractivity (Wildman–Crippen MR) is 94.6 cm³/mol. The Bertz CT molecular complexity index is 534. The van der Waals surface area contributed by atoms with Crippen molar-refractivity contribution in [3.63, 3.8) is 0 Å². The molecule has 0 bridgehead atoms. The number of imide groups is 1. The lowest BCUT2D eigenvalue weighted by Crippen LogP contribution is -2.63. The average molecular weight is 359 g/mol. The Hall–Kier alpha value is -1.21. The lowest BCUT2D eigenvalue weighted by atomic mass is 10.1. The van der Waals surface area contributed by atoms with Crippen molar-refractivity contribution >= 4 is 40.5 Å². The van der Waals surface area contributed by atoms with Crippen LogP contribution in [-0.2, 0) is 4.79 Å². The molecule has 128 valence electrons. The fourth-order valence-electron chi connectivity index (χ4n) is 2.55. The third-order valence-electron chi connectivity index (χ3n) is 3.87. The highest BCUT2D eigenvalue weighted by atomic mass is 35.5. The molecule has 0 spiro atoms. The molecule has 0 aliphatic carbocycles. The van der Waals surface area contributed by atoms with Crippen LogP contribution in [0.15, 0.2) is 16.1 Å². The minimum absolute atomic E-state index is 0.299. The normalized spacial score (nSPS) is 24.7. The van der Waals surface area contributed by atoms with E-state index in [2.05, 4.69) is 17.2 Å². The van der Waals surface area contributed by atoms with Crippen LogP contribution in [0.1, 0.15) is 33.1 Å². The minimum Gasteiger partial charge on any atom is -0.332 e. The highest BCUT2D eigenvalue weighted by Crippen LogP contribution is 2.29. The van der Waals surface area contributed by atoms with Crippen LogP contribution in [0.2, 0.25) is 0 Å². The lowest BCUT2D eigenvalue weighted by Gasteiger charge is -2.35. The number of carbonyl (C=O) groups is 2. The number of aliphatic imine (C=N–C) groups is 1. The summed E-state index contributed by atoms with van der Waals surface area (Å²) in [7, 11) is 1.66. The molecule has 0 aromatic heterocycles. The summed E-state index contributed by atoms with van der Waals surface area (Å²) in [4.78, 5) is 32.1. The molecule has 0 aromatic carbocycles. The summed E-state index contributed by atoms with van der Waals surface area (Å²) in [6.07, 6.45) is 4.83. The number of hydrogen-bond donors (Lipinski definition) is 1. The van der Waals surface area contributed by atoms with Gasteiger partial charge in [-0.25, -0.2) is 9.79 Å². The standard InChI is InChI=1S/C15H23ClN4O2S/c1-4-5-6-9-23-15-17-12-11(20(15)8-7-10(2)16)13(21)18-14(22)19(12)3/h7,11-12H,4-6,8-9H2,1-3H3,(H,18,21,22)/b10-7+. The summed E-state index contributed by atoms with van der Waals surface area (Å²) in [5.74, 6) is 0.650. The van der Waals surface area contributed by atoms with E-state index in [-0.39, 0.29) is 5.91 Å². The van der Waals surface area contributed by atoms with Gasteiger partial charge in [-0.1, -0.05) is 49.2 Å². The Kier molecular flexibility index (Phi) is 6.35. The quantitative estimate of drug-likeness (QED) is 0.741. The van der Waals surface area contributed by atoms with Crippen molar-refractivity contribution in [2.24, 2.45) is 4.99 Å². The van der Waals surface area contributed by atoms with Gasteiger partial charge in [-0.05, 0) is 13.3 Å². The Labute approximate surface area is 146 Å². The van der Waals surface area contributed by atoms with Gasteiger partial charge in [0.1, 0.15) is 0 Å². The van der Waals surface area contributed by atoms with Crippen molar-refractivity contribution in [2.75, 3.05) is 19.3 Å². The summed E-state index contributed by atoms with van der Waals surface area (Å²) in [6, 6.07) is -0.889. The molecule has 2 aliphatic rings. The Morgan fingerprint density at radius 2 is 2.17 bits per heavy atom. The van der Waals surface area contributed by atoms with Gasteiger partial charge < -0.3 is 9.80 Å². The molecule has 0 radical (unpaired) electrons. The fraction of sp³-hybridized carbons (Fsp3) is 0.667. The van der Waals surface area contributed by atoms with Crippen LogP contribution in [0, 0.1) is 0 Å². The summed E-state index contributed by atoms with van der Waals surface area (Å²) in [5.41, 5.74) is 0. The van der Waals surface area contributed by atoms with E-state index in [1.807, 2.05) is 11.0 Å². The van der Waals surface area contributed by atoms with Crippen molar-refractivity contribution in [3.05, 3.63) is 11.1 Å². The molecule has 1 N–H and O–H groups in total. The highest BCUT2D eigenvalue weighted by Gasteiger charge is 2.48. The number of nitrogens with one attached hydrogen (secondary N) is 1. The van der Waals surface area contributed by atoms with E-state index < -0.39 is 18.2 Å². The number of amidine groups is 1. The van der Waals surface area contributed by atoms with E-state index in [0.717, 1.165) is 23.8 Å². The van der Waals surface area contributed by atoms with Gasteiger partial charge in [0.2, 0.25) is 0 Å². The zero-order valence-corrected chi connectivity index (χ0v) is 15.3. The fourth-order valence-corrected chi connectivity index (χ4v) is 3.69. The molecule has 2 unspecified atom stereocenters. The van der Waals surface area contributed by atoms with Gasteiger partial charge in [0.15, 0.2) is 17.4 Å². The number of likely N-dealkylation sites (N-methyl/N-ethyl adjacent to an activating group) is 1. The first-order valence-corrected chi connectivity index (χ1v) is 9.19. The lowest BCUT2D eigenvalue weighted by molar-refractivity contribution is -0.126. The summed E-state index contributed by atoms with van der Waals surface area (Å²) in [6.45, 7) is 4.47. The number of amides is 3. The molecule has 1 saturated heterocycles. The van der Waals surface area contributed by atoms with E-state index >= 15 is 0 Å². The molecule has 0 aromatic rings. The average Bonchev–Trinajstić information content (AvgIpc) is 2.86. The van der Waals surface area contributed by atoms with Gasteiger partial charge in [-0.15, -0.1) is 0 Å². The zero-order valence-electron chi connectivity index (χ0n) is 13.7. The summed E-state index contributed by atoms with van der Waals surface area (Å²) < 4.78 is 0. The largest absolute Gasteiger partial charge is 0.332 e. The Morgan fingerprint density at radius 3 is 2.83 bits per heavy atom. The van der Waals surface area contributed by atoms with Gasteiger partial charge in [0, 0.05) is 24.4 Å². The highest BCUT2D eigenvalue weighted by molar-refractivity contribution is 8.13. The Morgan fingerprint density at radius 1 is 1.43 bits per heavy atom. The molecule has 2 heterocycles. The summed E-state index contributed by atoms with van der Waals surface area (Å²) >= 11 is 7.58. The number of carbonyl (C=O) groups excluding carboxylic acids is 2. The second-order valence-corrected chi connectivity index (χ2v) is 7.33. The monoisotopic (exact) mass is 358 g/mol. The number of unbranched alkanes of at least 4 members (excludes halogenated alkanes) is 2. The molecule has 2 rings (SSSR count). The number of thioether (sulfide) groups is 1. The molecule has 3 amide bonds. The maximum Gasteiger partial charge on any atom is 0.325 e. The number of rotatable bonds is 6. The van der Waals surface area contributed by atoms with E-state index in [0.29, 0.717) is 11.6 Å². The van der Waals surface area contributed by atoms with E-state index in [1.165, 1.54) is 11.3 Å². The van der Waals surface area contributed by atoms with Crippen molar-refractivity contribution in [2.45, 2.75) is 45.3 Å². The number of halogens is 1. The minimum atomic E-state index is -0.487. The number of hydrogen-bond acceptors (Lipinski definition) is 5. The number of allylic oxidation sites excluding steroid dienone is 1. The maximum absolute atomic E-state index is 12.3. The van der Waals surface area contributed by atoms with Gasteiger partial charge in [0.25, 0.3) is 5.91 Å². The van der Waals surface area contributed by atoms with Gasteiger partial charge >= 0.3 is 6.03 Å². The number of urea groups is 1. The molecule has 1 fully saturated rings. The van der Waals surface area contributed by atoms with Crippen LogP contribution in [0.3, 0.4) is 0 Å². The van der Waals surface area contributed by atoms with Gasteiger partial charge in [0.05, 0.1) is 0 Å². The third kappa shape index (κ3) is 4.20. The molecule has 23 heavy (non-hydrogen) atoms. The van der Waals surface area contributed by atoms with E-state index in [9.17, 15) is 9.59 Å². The molecule has 2 atom stereocenters. The van der Waals surface area contributed by atoms with E-state index in [1.54, 1.807) is 25.7 Å². The Balaban J connectivity index is 2.16. The van der Waals surface area contributed by atoms with Crippen LogP contribution in [0.25, 0.3) is 0 Å².